The molecule has 1 rings (SSSR count). The molecule has 82 valence electrons. The molecule has 0 aliphatic heterocycles. The molecule has 0 unspecified atom stereocenters. The Hall–Kier alpha value is -2.07. The molecular formula is C10H3BrClN5. The van der Waals surface area contributed by atoms with Crippen LogP contribution in [0, 0.1) is 34.0 Å². The van der Waals surface area contributed by atoms with E-state index in [-0.39, 0.29) is 22.0 Å². The number of halogens is 2. The molecule has 0 saturated carbocycles. The molecule has 0 radical (unpaired) electrons. The van der Waals surface area contributed by atoms with E-state index >= 15 is 0 Å². The van der Waals surface area contributed by atoms with E-state index in [1.165, 1.54) is 0 Å². The highest BCUT2D eigenvalue weighted by molar-refractivity contribution is 9.10. The van der Waals surface area contributed by atoms with E-state index < -0.39 is 0 Å². The topological polar surface area (TPSA) is 95.8 Å². The zero-order valence-electron chi connectivity index (χ0n) is 8.20. The Balaban J connectivity index is 3.22. The highest BCUT2D eigenvalue weighted by Gasteiger charge is 2.10. The predicted molar refractivity (Wildman–Crippen MR) is 66.2 cm³/mol. The van der Waals surface area contributed by atoms with Crippen molar-refractivity contribution in [1.29, 1.82) is 15.8 Å². The summed E-state index contributed by atoms with van der Waals surface area (Å²) < 4.78 is 0.539. The van der Waals surface area contributed by atoms with Gasteiger partial charge in [-0.3, -0.25) is 5.43 Å². The molecule has 0 aliphatic rings. The SMILES string of the molecule is N#CC(C#N)=NNc1c(Cl)ccc(Br)c1C#N. The summed E-state index contributed by atoms with van der Waals surface area (Å²) in [5, 5.41) is 29.8. The fourth-order valence-electron chi connectivity index (χ4n) is 0.957. The molecule has 0 spiro atoms. The van der Waals surface area contributed by atoms with Crippen LogP contribution in [0.15, 0.2) is 21.7 Å². The van der Waals surface area contributed by atoms with Crippen molar-refractivity contribution in [2.75, 3.05) is 5.43 Å². The van der Waals surface area contributed by atoms with Crippen LogP contribution in [-0.2, 0) is 0 Å². The van der Waals surface area contributed by atoms with Crippen molar-refractivity contribution in [3.8, 4) is 18.2 Å². The molecule has 0 atom stereocenters. The minimum atomic E-state index is -0.357. The van der Waals surface area contributed by atoms with Crippen LogP contribution in [0.4, 0.5) is 5.69 Å². The standard InChI is InChI=1S/C10H3BrClN5/c11-8-1-2-9(12)10(7(8)5-15)17-16-6(3-13)4-14/h1-2,17H. The van der Waals surface area contributed by atoms with Crippen LogP contribution in [0.2, 0.25) is 5.02 Å². The molecule has 0 aliphatic carbocycles. The van der Waals surface area contributed by atoms with Crippen LogP contribution in [-0.4, -0.2) is 5.71 Å². The zero-order valence-corrected chi connectivity index (χ0v) is 10.5. The van der Waals surface area contributed by atoms with Gasteiger partial charge in [-0.15, -0.1) is 0 Å². The minimum absolute atomic E-state index is 0.242. The summed E-state index contributed by atoms with van der Waals surface area (Å²) in [5.41, 5.74) is 2.57. The molecule has 5 nitrogen and oxygen atoms in total. The van der Waals surface area contributed by atoms with Crippen molar-refractivity contribution >= 4 is 38.9 Å². The highest BCUT2D eigenvalue weighted by Crippen LogP contribution is 2.31. The van der Waals surface area contributed by atoms with Gasteiger partial charge in [0.1, 0.15) is 18.2 Å². The third-order valence-electron chi connectivity index (χ3n) is 1.71. The van der Waals surface area contributed by atoms with E-state index in [1.54, 1.807) is 24.3 Å². The first-order chi connectivity index (χ1) is 8.13. The summed E-state index contributed by atoms with van der Waals surface area (Å²) in [6.07, 6.45) is 0. The third kappa shape index (κ3) is 2.95. The quantitative estimate of drug-likeness (QED) is 0.671. The molecule has 0 saturated heterocycles. The van der Waals surface area contributed by atoms with Gasteiger partial charge in [0.05, 0.1) is 16.3 Å². The van der Waals surface area contributed by atoms with Crippen LogP contribution in [0.25, 0.3) is 0 Å². The fraction of sp³-hybridized carbons (Fsp3) is 0. The number of hydrazone groups is 1. The lowest BCUT2D eigenvalue weighted by molar-refractivity contribution is 1.32. The maximum absolute atomic E-state index is 8.95. The minimum Gasteiger partial charge on any atom is -0.274 e. The number of benzene rings is 1. The largest absolute Gasteiger partial charge is 0.274 e. The fourth-order valence-corrected chi connectivity index (χ4v) is 1.58. The Morgan fingerprint density at radius 3 is 2.47 bits per heavy atom. The Kier molecular flexibility index (Phi) is 4.48. The maximum Gasteiger partial charge on any atom is 0.237 e. The summed E-state index contributed by atoms with van der Waals surface area (Å²) in [6, 6.07) is 8.27. The molecule has 0 amide bonds. The van der Waals surface area contributed by atoms with Crippen molar-refractivity contribution < 1.29 is 0 Å². The van der Waals surface area contributed by atoms with Gasteiger partial charge in [0.15, 0.2) is 0 Å². The monoisotopic (exact) mass is 307 g/mol. The van der Waals surface area contributed by atoms with E-state index in [0.29, 0.717) is 4.47 Å². The molecule has 0 heterocycles. The second-order valence-electron chi connectivity index (χ2n) is 2.69. The number of nitriles is 3. The summed E-state index contributed by atoms with van der Waals surface area (Å²) in [6.45, 7) is 0. The Bertz CT molecular complexity index is 587. The molecule has 0 bridgehead atoms. The van der Waals surface area contributed by atoms with Gasteiger partial charge in [-0.05, 0) is 28.1 Å². The number of anilines is 1. The zero-order chi connectivity index (χ0) is 12.8. The van der Waals surface area contributed by atoms with Crippen LogP contribution in [0.3, 0.4) is 0 Å². The van der Waals surface area contributed by atoms with Gasteiger partial charge in [-0.25, -0.2) is 0 Å². The van der Waals surface area contributed by atoms with Gasteiger partial charge in [0.2, 0.25) is 5.71 Å². The number of nitrogens with zero attached hydrogens (tertiary/aromatic N) is 4. The van der Waals surface area contributed by atoms with Gasteiger partial charge < -0.3 is 0 Å². The van der Waals surface area contributed by atoms with Crippen LogP contribution in [0.1, 0.15) is 5.56 Å². The average Bonchev–Trinajstić information content (AvgIpc) is 2.34. The Morgan fingerprint density at radius 1 is 1.29 bits per heavy atom. The van der Waals surface area contributed by atoms with Crippen molar-refractivity contribution in [3.63, 3.8) is 0 Å². The highest BCUT2D eigenvalue weighted by atomic mass is 79.9. The van der Waals surface area contributed by atoms with Gasteiger partial charge in [0, 0.05) is 4.47 Å². The van der Waals surface area contributed by atoms with Crippen molar-refractivity contribution in [3.05, 3.63) is 27.2 Å². The van der Waals surface area contributed by atoms with Crippen molar-refractivity contribution in [2.24, 2.45) is 5.10 Å². The number of hydrogen-bond donors (Lipinski definition) is 1. The van der Waals surface area contributed by atoms with Crippen LogP contribution >= 0.6 is 27.5 Å². The molecule has 0 aromatic heterocycles. The molecule has 0 fully saturated rings. The van der Waals surface area contributed by atoms with E-state index in [0.717, 1.165) is 0 Å². The van der Waals surface area contributed by atoms with Gasteiger partial charge in [0.25, 0.3) is 0 Å². The van der Waals surface area contributed by atoms with Crippen LogP contribution < -0.4 is 5.43 Å². The lowest BCUT2D eigenvalue weighted by Gasteiger charge is -2.06. The second-order valence-corrected chi connectivity index (χ2v) is 3.95. The first-order valence-electron chi connectivity index (χ1n) is 4.16. The summed E-state index contributed by atoms with van der Waals surface area (Å²) in [7, 11) is 0. The first kappa shape index (κ1) is 13.0. The normalized spacial score (nSPS) is 8.41. The van der Waals surface area contributed by atoms with E-state index in [1.807, 2.05) is 6.07 Å². The second kappa shape index (κ2) is 5.86. The number of hydrogen-bond acceptors (Lipinski definition) is 5. The maximum atomic E-state index is 8.95. The smallest absolute Gasteiger partial charge is 0.237 e. The molecule has 1 aromatic carbocycles. The lowest BCUT2D eigenvalue weighted by Crippen LogP contribution is -1.99. The third-order valence-corrected chi connectivity index (χ3v) is 2.68. The van der Waals surface area contributed by atoms with Gasteiger partial charge >= 0.3 is 0 Å². The summed E-state index contributed by atoms with van der Waals surface area (Å²) >= 11 is 9.06. The molecule has 7 heteroatoms. The predicted octanol–water partition coefficient (Wildman–Crippen LogP) is 2.79. The number of rotatable bonds is 2. The van der Waals surface area contributed by atoms with Crippen LogP contribution in [0.5, 0.6) is 0 Å². The Morgan fingerprint density at radius 2 is 1.94 bits per heavy atom. The molecular weight excluding hydrogens is 306 g/mol. The average molecular weight is 309 g/mol. The van der Waals surface area contributed by atoms with E-state index in [4.69, 9.17) is 27.4 Å². The molecule has 17 heavy (non-hydrogen) atoms. The van der Waals surface area contributed by atoms with Crippen molar-refractivity contribution in [2.45, 2.75) is 0 Å². The van der Waals surface area contributed by atoms with E-state index in [9.17, 15) is 0 Å². The van der Waals surface area contributed by atoms with E-state index in [2.05, 4.69) is 26.5 Å². The van der Waals surface area contributed by atoms with Gasteiger partial charge in [-0.1, -0.05) is 11.6 Å². The summed E-state index contributed by atoms with van der Waals surface area (Å²) in [4.78, 5) is 0. The first-order valence-corrected chi connectivity index (χ1v) is 5.33. The lowest BCUT2D eigenvalue weighted by atomic mass is 10.2. The number of nitrogens with one attached hydrogen (secondary N) is 1. The Labute approximate surface area is 111 Å². The summed E-state index contributed by atoms with van der Waals surface area (Å²) in [5.74, 6) is 0. The van der Waals surface area contributed by atoms with Gasteiger partial charge in [-0.2, -0.15) is 20.9 Å². The van der Waals surface area contributed by atoms with Crippen molar-refractivity contribution in [1.82, 2.24) is 0 Å². The molecule has 1 N–H and O–H groups in total. The molecule has 1 aromatic rings.